The minimum atomic E-state index is -0.108. The number of aromatic nitrogens is 1. The number of carbonyl (C=O) groups excluding carboxylic acids is 1. The monoisotopic (exact) mass is 279 g/mol. The molecule has 1 fully saturated rings. The van der Waals surface area contributed by atoms with Gasteiger partial charge in [0.1, 0.15) is 5.75 Å². The van der Waals surface area contributed by atoms with E-state index in [2.05, 4.69) is 10.3 Å². The lowest BCUT2D eigenvalue weighted by atomic mass is 10.1. The second-order valence-electron chi connectivity index (χ2n) is 4.77. The zero-order chi connectivity index (χ0) is 14.2. The molecule has 6 nitrogen and oxygen atoms in total. The zero-order valence-corrected chi connectivity index (χ0v) is 11.5. The van der Waals surface area contributed by atoms with E-state index in [1.54, 1.807) is 12.3 Å². The first-order valence-electron chi connectivity index (χ1n) is 6.93. The summed E-state index contributed by atoms with van der Waals surface area (Å²) in [5, 5.41) is 2.94. The van der Waals surface area contributed by atoms with Crippen LogP contribution in [0.4, 0.5) is 0 Å². The fourth-order valence-corrected chi connectivity index (χ4v) is 2.05. The maximum atomic E-state index is 11.7. The van der Waals surface area contributed by atoms with Crippen LogP contribution in [-0.2, 0) is 16.0 Å². The van der Waals surface area contributed by atoms with Gasteiger partial charge in [0.15, 0.2) is 6.61 Å². The van der Waals surface area contributed by atoms with E-state index in [0.717, 1.165) is 25.0 Å². The second kappa shape index (κ2) is 7.81. The van der Waals surface area contributed by atoms with Gasteiger partial charge in [-0.2, -0.15) is 0 Å². The maximum Gasteiger partial charge on any atom is 0.258 e. The van der Waals surface area contributed by atoms with E-state index >= 15 is 0 Å². The molecule has 0 atom stereocenters. The van der Waals surface area contributed by atoms with Crippen molar-refractivity contribution in [3.8, 4) is 5.75 Å². The maximum absolute atomic E-state index is 11.7. The summed E-state index contributed by atoms with van der Waals surface area (Å²) in [6, 6.07) is 3.86. The Morgan fingerprint density at radius 2 is 2.25 bits per heavy atom. The largest absolute Gasteiger partial charge is 0.482 e. The van der Waals surface area contributed by atoms with Crippen molar-refractivity contribution in [2.45, 2.75) is 25.3 Å². The third kappa shape index (κ3) is 4.79. The molecule has 110 valence electrons. The molecule has 2 rings (SSSR count). The normalized spacial score (nSPS) is 15.8. The van der Waals surface area contributed by atoms with Crippen LogP contribution in [0.5, 0.6) is 5.75 Å². The Kier molecular flexibility index (Phi) is 5.76. The van der Waals surface area contributed by atoms with Gasteiger partial charge in [-0.25, -0.2) is 0 Å². The van der Waals surface area contributed by atoms with Crippen LogP contribution in [0.25, 0.3) is 0 Å². The first-order chi connectivity index (χ1) is 9.78. The molecular formula is C14H21N3O3. The number of amides is 1. The van der Waals surface area contributed by atoms with Crippen molar-refractivity contribution in [2.24, 2.45) is 5.73 Å². The van der Waals surface area contributed by atoms with Gasteiger partial charge in [0.25, 0.3) is 5.91 Å². The molecule has 0 saturated carbocycles. The lowest BCUT2D eigenvalue weighted by molar-refractivity contribution is -0.124. The number of nitrogens with zero attached hydrogens (tertiary/aromatic N) is 1. The molecule has 0 spiro atoms. The highest BCUT2D eigenvalue weighted by atomic mass is 16.5. The van der Waals surface area contributed by atoms with E-state index < -0.39 is 0 Å². The van der Waals surface area contributed by atoms with Crippen molar-refractivity contribution in [3.05, 3.63) is 24.0 Å². The van der Waals surface area contributed by atoms with Gasteiger partial charge in [-0.3, -0.25) is 9.78 Å². The van der Waals surface area contributed by atoms with Gasteiger partial charge < -0.3 is 20.5 Å². The highest BCUT2D eigenvalue weighted by Crippen LogP contribution is 2.10. The van der Waals surface area contributed by atoms with Crippen molar-refractivity contribution in [2.75, 3.05) is 26.4 Å². The molecule has 1 aliphatic rings. The van der Waals surface area contributed by atoms with Crippen molar-refractivity contribution in [1.82, 2.24) is 10.3 Å². The van der Waals surface area contributed by atoms with Gasteiger partial charge in [-0.15, -0.1) is 0 Å². The van der Waals surface area contributed by atoms with E-state index in [-0.39, 0.29) is 18.6 Å². The number of pyridine rings is 1. The Balaban J connectivity index is 1.72. The second-order valence-corrected chi connectivity index (χ2v) is 4.77. The Morgan fingerprint density at radius 1 is 1.45 bits per heavy atom. The average molecular weight is 279 g/mol. The van der Waals surface area contributed by atoms with Crippen LogP contribution in [0.1, 0.15) is 18.5 Å². The fourth-order valence-electron chi connectivity index (χ4n) is 2.05. The van der Waals surface area contributed by atoms with Crippen LogP contribution in [0.2, 0.25) is 0 Å². The average Bonchev–Trinajstić information content (AvgIpc) is 2.48. The first kappa shape index (κ1) is 14.7. The highest BCUT2D eigenvalue weighted by molar-refractivity contribution is 5.77. The van der Waals surface area contributed by atoms with E-state index in [1.807, 2.05) is 6.07 Å². The van der Waals surface area contributed by atoms with Gasteiger partial charge >= 0.3 is 0 Å². The van der Waals surface area contributed by atoms with Crippen molar-refractivity contribution < 1.29 is 14.3 Å². The van der Waals surface area contributed by atoms with Gasteiger partial charge in [-0.05, 0) is 31.5 Å². The molecular weight excluding hydrogens is 258 g/mol. The molecule has 0 aromatic carbocycles. The zero-order valence-electron chi connectivity index (χ0n) is 11.5. The van der Waals surface area contributed by atoms with Crippen molar-refractivity contribution in [3.63, 3.8) is 0 Å². The van der Waals surface area contributed by atoms with Gasteiger partial charge in [0, 0.05) is 31.4 Å². The van der Waals surface area contributed by atoms with Crippen LogP contribution >= 0.6 is 0 Å². The molecule has 20 heavy (non-hydrogen) atoms. The standard InChI is InChI=1S/C14H21N3O3/c15-6-3-11-1-2-13(9-16-11)20-10-14(18)17-12-4-7-19-8-5-12/h1-2,9,12H,3-8,10,15H2,(H,17,18). The molecule has 1 aromatic heterocycles. The molecule has 0 unspecified atom stereocenters. The van der Waals surface area contributed by atoms with Crippen molar-refractivity contribution >= 4 is 5.91 Å². The van der Waals surface area contributed by atoms with Gasteiger partial charge in [-0.1, -0.05) is 0 Å². The molecule has 2 heterocycles. The number of hydrogen-bond acceptors (Lipinski definition) is 5. The molecule has 1 saturated heterocycles. The number of carbonyl (C=O) groups is 1. The predicted molar refractivity (Wildman–Crippen MR) is 74.5 cm³/mol. The predicted octanol–water partition coefficient (Wildman–Crippen LogP) is 0.257. The van der Waals surface area contributed by atoms with Gasteiger partial charge in [0.2, 0.25) is 0 Å². The van der Waals surface area contributed by atoms with E-state index in [9.17, 15) is 4.79 Å². The molecule has 3 N–H and O–H groups in total. The summed E-state index contributed by atoms with van der Waals surface area (Å²) in [4.78, 5) is 15.9. The van der Waals surface area contributed by atoms with Gasteiger partial charge in [0.05, 0.1) is 6.20 Å². The topological polar surface area (TPSA) is 86.5 Å². The summed E-state index contributed by atoms with van der Waals surface area (Å²) in [6.07, 6.45) is 4.08. The Morgan fingerprint density at radius 3 is 2.90 bits per heavy atom. The molecule has 1 aromatic rings. The fraction of sp³-hybridized carbons (Fsp3) is 0.571. The number of nitrogens with two attached hydrogens (primary N) is 1. The third-order valence-corrected chi connectivity index (χ3v) is 3.15. The Labute approximate surface area is 118 Å². The molecule has 6 heteroatoms. The highest BCUT2D eigenvalue weighted by Gasteiger charge is 2.16. The lowest BCUT2D eigenvalue weighted by Crippen LogP contribution is -2.41. The Hall–Kier alpha value is -1.66. The quantitative estimate of drug-likeness (QED) is 0.780. The van der Waals surface area contributed by atoms with Crippen LogP contribution in [0.3, 0.4) is 0 Å². The van der Waals surface area contributed by atoms with Crippen LogP contribution in [0.15, 0.2) is 18.3 Å². The summed E-state index contributed by atoms with van der Waals surface area (Å²) in [5.41, 5.74) is 6.38. The summed E-state index contributed by atoms with van der Waals surface area (Å²) < 4.78 is 10.6. The lowest BCUT2D eigenvalue weighted by Gasteiger charge is -2.23. The smallest absolute Gasteiger partial charge is 0.258 e. The number of ether oxygens (including phenoxy) is 2. The molecule has 1 amide bonds. The summed E-state index contributed by atoms with van der Waals surface area (Å²) in [6.45, 7) is 1.99. The summed E-state index contributed by atoms with van der Waals surface area (Å²) in [7, 11) is 0. The van der Waals surface area contributed by atoms with Crippen molar-refractivity contribution in [1.29, 1.82) is 0 Å². The molecule has 0 bridgehead atoms. The molecule has 0 radical (unpaired) electrons. The van der Waals surface area contributed by atoms with E-state index in [4.69, 9.17) is 15.2 Å². The minimum absolute atomic E-state index is 0.00920. The summed E-state index contributed by atoms with van der Waals surface area (Å²) >= 11 is 0. The van der Waals surface area contributed by atoms with Crippen LogP contribution < -0.4 is 15.8 Å². The summed E-state index contributed by atoms with van der Waals surface area (Å²) in [5.74, 6) is 0.482. The SMILES string of the molecule is NCCc1ccc(OCC(=O)NC2CCOCC2)cn1. The molecule has 1 aliphatic heterocycles. The first-order valence-corrected chi connectivity index (χ1v) is 6.93. The minimum Gasteiger partial charge on any atom is -0.482 e. The van der Waals surface area contributed by atoms with Crippen LogP contribution in [0, 0.1) is 0 Å². The molecule has 0 aliphatic carbocycles. The van der Waals surface area contributed by atoms with E-state index in [0.29, 0.717) is 25.5 Å². The van der Waals surface area contributed by atoms with E-state index in [1.165, 1.54) is 0 Å². The number of hydrogen-bond donors (Lipinski definition) is 2. The number of rotatable bonds is 6. The van der Waals surface area contributed by atoms with Crippen LogP contribution in [-0.4, -0.2) is 43.3 Å². The number of nitrogens with one attached hydrogen (secondary N) is 1. The Bertz CT molecular complexity index is 416. The third-order valence-electron chi connectivity index (χ3n) is 3.15.